The highest BCUT2D eigenvalue weighted by molar-refractivity contribution is 6.30. The van der Waals surface area contributed by atoms with Crippen LogP contribution in [-0.2, 0) is 24.2 Å². The maximum atomic E-state index is 11.1. The van der Waals surface area contributed by atoms with Crippen LogP contribution in [0, 0.1) is 0 Å². The quantitative estimate of drug-likeness (QED) is 0.800. The number of carboxylic acids is 1. The Labute approximate surface area is 140 Å². The van der Waals surface area contributed by atoms with Crippen LogP contribution in [0.2, 0.25) is 5.15 Å². The van der Waals surface area contributed by atoms with Gasteiger partial charge in [0.25, 0.3) is 0 Å². The third-order valence-electron chi connectivity index (χ3n) is 3.70. The van der Waals surface area contributed by atoms with Gasteiger partial charge in [0, 0.05) is 12.0 Å². The Morgan fingerprint density at radius 2 is 2.13 bits per heavy atom. The van der Waals surface area contributed by atoms with Gasteiger partial charge >= 0.3 is 5.97 Å². The summed E-state index contributed by atoms with van der Waals surface area (Å²) in [4.78, 5) is 15.5. The number of aryl methyl sites for hydroxylation is 1. The number of hydrogen-bond acceptors (Lipinski definition) is 3. The van der Waals surface area contributed by atoms with Crippen molar-refractivity contribution in [1.82, 2.24) is 9.55 Å². The van der Waals surface area contributed by atoms with Crippen molar-refractivity contribution in [2.45, 2.75) is 39.2 Å². The number of aliphatic carboxylic acids is 1. The summed E-state index contributed by atoms with van der Waals surface area (Å²) >= 11 is 6.19. The predicted molar refractivity (Wildman–Crippen MR) is 89.3 cm³/mol. The van der Waals surface area contributed by atoms with Gasteiger partial charge in [0.15, 0.2) is 5.15 Å². The highest BCUT2D eigenvalue weighted by atomic mass is 35.5. The molecule has 124 valence electrons. The van der Waals surface area contributed by atoms with Crippen LogP contribution >= 0.6 is 11.6 Å². The number of rotatable bonds is 8. The molecular weight excluding hydrogens is 316 g/mol. The van der Waals surface area contributed by atoms with E-state index in [4.69, 9.17) is 21.4 Å². The second-order valence-corrected chi connectivity index (χ2v) is 5.70. The van der Waals surface area contributed by atoms with Gasteiger partial charge in [-0.1, -0.05) is 43.1 Å². The molecule has 0 unspecified atom stereocenters. The van der Waals surface area contributed by atoms with Gasteiger partial charge in [-0.05, 0) is 12.5 Å². The Morgan fingerprint density at radius 1 is 1.39 bits per heavy atom. The summed E-state index contributed by atoms with van der Waals surface area (Å²) in [7, 11) is 1.62. The molecule has 6 heteroatoms. The highest BCUT2D eigenvalue weighted by Gasteiger charge is 2.19. The van der Waals surface area contributed by atoms with Gasteiger partial charge in [0.2, 0.25) is 0 Å². The van der Waals surface area contributed by atoms with E-state index in [9.17, 15) is 4.79 Å². The van der Waals surface area contributed by atoms with Gasteiger partial charge in [-0.3, -0.25) is 4.79 Å². The van der Waals surface area contributed by atoms with Crippen molar-refractivity contribution in [3.63, 3.8) is 0 Å². The second-order valence-electron chi connectivity index (χ2n) is 5.34. The normalized spacial score (nSPS) is 10.7. The SMILES string of the molecule is CCCCc1nc(Cl)c(CC(=O)O)n1Cc1ccccc1OC. The molecule has 0 aliphatic carbocycles. The Bertz CT molecular complexity index is 682. The van der Waals surface area contributed by atoms with Crippen molar-refractivity contribution in [2.24, 2.45) is 0 Å². The lowest BCUT2D eigenvalue weighted by Crippen LogP contribution is -2.13. The molecule has 0 aliphatic heterocycles. The number of halogens is 1. The monoisotopic (exact) mass is 336 g/mol. The molecule has 0 bridgehead atoms. The van der Waals surface area contributed by atoms with Gasteiger partial charge in [-0.2, -0.15) is 0 Å². The highest BCUT2D eigenvalue weighted by Crippen LogP contribution is 2.24. The summed E-state index contributed by atoms with van der Waals surface area (Å²) < 4.78 is 7.29. The average molecular weight is 337 g/mol. The lowest BCUT2D eigenvalue weighted by Gasteiger charge is -2.14. The molecule has 0 fully saturated rings. The Kier molecular flexibility index (Phi) is 6.04. The molecule has 2 aromatic rings. The van der Waals surface area contributed by atoms with Crippen LogP contribution < -0.4 is 4.74 Å². The molecule has 5 nitrogen and oxygen atoms in total. The van der Waals surface area contributed by atoms with Crippen LogP contribution in [0.25, 0.3) is 0 Å². The topological polar surface area (TPSA) is 64.3 Å². The summed E-state index contributed by atoms with van der Waals surface area (Å²) in [6, 6.07) is 7.68. The van der Waals surface area contributed by atoms with Crippen molar-refractivity contribution in [1.29, 1.82) is 0 Å². The van der Waals surface area contributed by atoms with Crippen molar-refractivity contribution in [3.8, 4) is 5.75 Å². The molecule has 0 atom stereocenters. The zero-order chi connectivity index (χ0) is 16.8. The van der Waals surface area contributed by atoms with E-state index < -0.39 is 5.97 Å². The summed E-state index contributed by atoms with van der Waals surface area (Å²) in [5.74, 6) is 0.661. The van der Waals surface area contributed by atoms with Gasteiger partial charge in [0.05, 0.1) is 25.8 Å². The smallest absolute Gasteiger partial charge is 0.309 e. The fraction of sp³-hybridized carbons (Fsp3) is 0.412. The molecule has 0 spiro atoms. The number of para-hydroxylation sites is 1. The number of unbranched alkanes of at least 4 members (excludes halogenated alkanes) is 1. The summed E-state index contributed by atoms with van der Waals surface area (Å²) in [5.41, 5.74) is 1.50. The first-order chi connectivity index (χ1) is 11.1. The number of hydrogen-bond donors (Lipinski definition) is 1. The Morgan fingerprint density at radius 3 is 2.78 bits per heavy atom. The number of carboxylic acid groups (broad SMARTS) is 1. The number of benzene rings is 1. The summed E-state index contributed by atoms with van der Waals surface area (Å²) in [6.45, 7) is 2.60. The molecular formula is C17H21ClN2O3. The first-order valence-electron chi connectivity index (χ1n) is 7.64. The zero-order valence-electron chi connectivity index (χ0n) is 13.4. The van der Waals surface area contributed by atoms with E-state index in [1.807, 2.05) is 28.8 Å². The fourth-order valence-electron chi connectivity index (χ4n) is 2.53. The predicted octanol–water partition coefficient (Wildman–Crippen LogP) is 3.56. The number of methoxy groups -OCH3 is 1. The third kappa shape index (κ3) is 4.26. The van der Waals surface area contributed by atoms with Crippen LogP contribution in [0.1, 0.15) is 36.8 Å². The molecule has 23 heavy (non-hydrogen) atoms. The lowest BCUT2D eigenvalue weighted by atomic mass is 10.2. The van der Waals surface area contributed by atoms with Crippen molar-refractivity contribution in [3.05, 3.63) is 46.5 Å². The minimum Gasteiger partial charge on any atom is -0.496 e. The van der Waals surface area contributed by atoms with E-state index in [0.29, 0.717) is 12.2 Å². The van der Waals surface area contributed by atoms with Gasteiger partial charge in [0.1, 0.15) is 11.6 Å². The molecule has 1 N–H and O–H groups in total. The van der Waals surface area contributed by atoms with E-state index in [0.717, 1.165) is 36.4 Å². The minimum atomic E-state index is -0.921. The van der Waals surface area contributed by atoms with E-state index in [2.05, 4.69) is 11.9 Å². The molecule has 0 saturated heterocycles. The molecule has 0 aliphatic rings. The molecule has 1 aromatic heterocycles. The zero-order valence-corrected chi connectivity index (χ0v) is 14.1. The maximum absolute atomic E-state index is 11.1. The van der Waals surface area contributed by atoms with Crippen LogP contribution in [0.3, 0.4) is 0 Å². The van der Waals surface area contributed by atoms with Gasteiger partial charge in [-0.15, -0.1) is 0 Å². The maximum Gasteiger partial charge on any atom is 0.309 e. The summed E-state index contributed by atoms with van der Waals surface area (Å²) in [6.07, 6.45) is 2.64. The van der Waals surface area contributed by atoms with E-state index in [1.54, 1.807) is 7.11 Å². The van der Waals surface area contributed by atoms with Crippen LogP contribution in [-0.4, -0.2) is 27.7 Å². The van der Waals surface area contributed by atoms with Gasteiger partial charge in [-0.25, -0.2) is 4.98 Å². The van der Waals surface area contributed by atoms with Crippen LogP contribution in [0.4, 0.5) is 0 Å². The van der Waals surface area contributed by atoms with Crippen molar-refractivity contribution >= 4 is 17.6 Å². The fourth-order valence-corrected chi connectivity index (χ4v) is 2.80. The largest absolute Gasteiger partial charge is 0.496 e. The van der Waals surface area contributed by atoms with Crippen LogP contribution in [0.15, 0.2) is 24.3 Å². The number of imidazole rings is 1. The minimum absolute atomic E-state index is 0.146. The number of carbonyl (C=O) groups is 1. The molecule has 0 amide bonds. The third-order valence-corrected chi connectivity index (χ3v) is 4.00. The summed E-state index contributed by atoms with van der Waals surface area (Å²) in [5, 5.41) is 9.42. The Balaban J connectivity index is 2.42. The first-order valence-corrected chi connectivity index (χ1v) is 8.02. The van der Waals surface area contributed by atoms with E-state index in [1.165, 1.54) is 0 Å². The lowest BCUT2D eigenvalue weighted by molar-refractivity contribution is -0.136. The molecule has 0 radical (unpaired) electrons. The number of ether oxygens (including phenoxy) is 1. The Hall–Kier alpha value is -2.01. The molecule has 1 heterocycles. The van der Waals surface area contributed by atoms with E-state index >= 15 is 0 Å². The second kappa shape index (κ2) is 8.02. The number of nitrogens with zero attached hydrogens (tertiary/aromatic N) is 2. The molecule has 1 aromatic carbocycles. The molecule has 0 saturated carbocycles. The first kappa shape index (κ1) is 17.3. The molecule has 2 rings (SSSR count). The average Bonchev–Trinajstić information content (AvgIpc) is 2.81. The van der Waals surface area contributed by atoms with Gasteiger partial charge < -0.3 is 14.4 Å². The van der Waals surface area contributed by atoms with Crippen molar-refractivity contribution < 1.29 is 14.6 Å². The van der Waals surface area contributed by atoms with Crippen molar-refractivity contribution in [2.75, 3.05) is 7.11 Å². The number of aromatic nitrogens is 2. The standard InChI is InChI=1S/C17H21ClN2O3/c1-3-4-9-15-19-17(18)13(10-16(21)22)20(15)11-12-7-5-6-8-14(12)23-2/h5-8H,3-4,9-11H2,1-2H3,(H,21,22). The van der Waals surface area contributed by atoms with Crippen LogP contribution in [0.5, 0.6) is 5.75 Å². The van der Waals surface area contributed by atoms with E-state index in [-0.39, 0.29) is 11.6 Å².